The summed E-state index contributed by atoms with van der Waals surface area (Å²) in [5.74, 6) is 1.66. The van der Waals surface area contributed by atoms with Crippen LogP contribution in [0.1, 0.15) is 38.6 Å². The molecule has 0 radical (unpaired) electrons. The van der Waals surface area contributed by atoms with Crippen LogP contribution in [0.3, 0.4) is 0 Å². The number of aryl methyl sites for hydroxylation is 2. The molecule has 4 heteroatoms. The maximum atomic E-state index is 6.39. The van der Waals surface area contributed by atoms with Crippen molar-refractivity contribution in [3.8, 4) is 0 Å². The minimum absolute atomic E-state index is 0.545. The zero-order valence-electron chi connectivity index (χ0n) is 11.8. The Bertz CT molecular complexity index is 413. The van der Waals surface area contributed by atoms with Crippen LogP contribution >= 0.6 is 11.6 Å². The molecule has 1 N–H and O–H groups in total. The van der Waals surface area contributed by atoms with E-state index in [1.165, 1.54) is 12.1 Å². The van der Waals surface area contributed by atoms with Crippen LogP contribution in [0, 0.1) is 18.8 Å². The van der Waals surface area contributed by atoms with Gasteiger partial charge in [0.1, 0.15) is 0 Å². The molecular weight excluding hydrogens is 246 g/mol. The van der Waals surface area contributed by atoms with Crippen molar-refractivity contribution in [2.75, 3.05) is 6.54 Å². The maximum Gasteiger partial charge on any atom is 0.0847 e. The average molecular weight is 270 g/mol. The largest absolute Gasteiger partial charge is 0.314 e. The Morgan fingerprint density at radius 1 is 1.50 bits per heavy atom. The average Bonchev–Trinajstić information content (AvgIpc) is 3.01. The Balaban J connectivity index is 2.15. The van der Waals surface area contributed by atoms with Crippen molar-refractivity contribution in [3.63, 3.8) is 0 Å². The molecule has 1 saturated carbocycles. The molecule has 18 heavy (non-hydrogen) atoms. The van der Waals surface area contributed by atoms with Crippen molar-refractivity contribution >= 4 is 11.6 Å². The van der Waals surface area contributed by atoms with E-state index in [0.717, 1.165) is 42.1 Å². The van der Waals surface area contributed by atoms with Gasteiger partial charge in [0.2, 0.25) is 0 Å². The lowest BCUT2D eigenvalue weighted by atomic mass is 10.0. The molecular formula is C14H24ClN3. The van der Waals surface area contributed by atoms with Crippen molar-refractivity contribution < 1.29 is 0 Å². The highest BCUT2D eigenvalue weighted by Crippen LogP contribution is 2.42. The molecule has 0 bridgehead atoms. The summed E-state index contributed by atoms with van der Waals surface area (Å²) < 4.78 is 2.05. The summed E-state index contributed by atoms with van der Waals surface area (Å²) in [4.78, 5) is 0. The summed E-state index contributed by atoms with van der Waals surface area (Å²) >= 11 is 6.39. The molecule has 1 aliphatic carbocycles. The quantitative estimate of drug-likeness (QED) is 0.860. The lowest BCUT2D eigenvalue weighted by Crippen LogP contribution is -2.34. The number of halogens is 1. The maximum absolute atomic E-state index is 6.39. The van der Waals surface area contributed by atoms with Gasteiger partial charge in [-0.25, -0.2) is 0 Å². The molecule has 3 nitrogen and oxygen atoms in total. The second-order valence-corrected chi connectivity index (χ2v) is 5.78. The van der Waals surface area contributed by atoms with Gasteiger partial charge in [-0.05, 0) is 38.6 Å². The number of nitrogens with zero attached hydrogens (tertiary/aromatic N) is 2. The number of nitrogens with one attached hydrogen (secondary N) is 1. The van der Waals surface area contributed by atoms with E-state index in [1.54, 1.807) is 0 Å². The third-order valence-electron chi connectivity index (χ3n) is 4.02. The highest BCUT2D eigenvalue weighted by Gasteiger charge is 2.39. The normalized spacial score (nSPS) is 24.3. The van der Waals surface area contributed by atoms with Gasteiger partial charge in [-0.3, -0.25) is 4.68 Å². The zero-order chi connectivity index (χ0) is 13.3. The van der Waals surface area contributed by atoms with Crippen LogP contribution in [-0.4, -0.2) is 22.4 Å². The SMILES string of the molecule is CCNC(Cc1c(Cl)c(C)nn1CC)C1CC1C. The second-order valence-electron chi connectivity index (χ2n) is 5.41. The lowest BCUT2D eigenvalue weighted by Gasteiger charge is -2.18. The molecule has 1 fully saturated rings. The highest BCUT2D eigenvalue weighted by molar-refractivity contribution is 6.31. The number of hydrogen-bond acceptors (Lipinski definition) is 2. The molecule has 0 aliphatic heterocycles. The number of rotatable bonds is 6. The Hall–Kier alpha value is -0.540. The van der Waals surface area contributed by atoms with Crippen molar-refractivity contribution in [3.05, 3.63) is 16.4 Å². The molecule has 0 amide bonds. The van der Waals surface area contributed by atoms with E-state index in [4.69, 9.17) is 11.6 Å². The van der Waals surface area contributed by atoms with Crippen LogP contribution < -0.4 is 5.32 Å². The fourth-order valence-electron chi connectivity index (χ4n) is 2.82. The van der Waals surface area contributed by atoms with Crippen molar-refractivity contribution in [2.45, 2.75) is 53.1 Å². The number of likely N-dealkylation sites (N-methyl/N-ethyl adjacent to an activating group) is 1. The first-order chi connectivity index (χ1) is 8.58. The molecule has 1 aromatic heterocycles. The van der Waals surface area contributed by atoms with E-state index in [2.05, 4.69) is 35.9 Å². The van der Waals surface area contributed by atoms with Gasteiger partial charge in [-0.1, -0.05) is 25.4 Å². The Morgan fingerprint density at radius 3 is 2.67 bits per heavy atom. The Kier molecular flexibility index (Phi) is 4.33. The fourth-order valence-corrected chi connectivity index (χ4v) is 3.03. The summed E-state index contributed by atoms with van der Waals surface area (Å²) in [5, 5.41) is 8.96. The van der Waals surface area contributed by atoms with E-state index < -0.39 is 0 Å². The molecule has 1 aromatic rings. The van der Waals surface area contributed by atoms with Gasteiger partial charge in [0.05, 0.1) is 16.4 Å². The molecule has 1 heterocycles. The van der Waals surface area contributed by atoms with Gasteiger partial charge in [0, 0.05) is 19.0 Å². The van der Waals surface area contributed by atoms with E-state index in [0.29, 0.717) is 6.04 Å². The first kappa shape index (κ1) is 13.9. The van der Waals surface area contributed by atoms with E-state index in [-0.39, 0.29) is 0 Å². The predicted molar refractivity (Wildman–Crippen MR) is 76.1 cm³/mol. The van der Waals surface area contributed by atoms with E-state index in [1.807, 2.05) is 6.92 Å². The first-order valence-corrected chi connectivity index (χ1v) is 7.41. The predicted octanol–water partition coefficient (Wildman–Crippen LogP) is 3.04. The van der Waals surface area contributed by atoms with Gasteiger partial charge >= 0.3 is 0 Å². The summed E-state index contributed by atoms with van der Waals surface area (Å²) in [6, 6.07) is 0.545. The molecule has 2 rings (SSSR count). The Morgan fingerprint density at radius 2 is 2.17 bits per heavy atom. The van der Waals surface area contributed by atoms with Crippen LogP contribution in [0.2, 0.25) is 5.02 Å². The smallest absolute Gasteiger partial charge is 0.0847 e. The summed E-state index contributed by atoms with van der Waals surface area (Å²) in [6.07, 6.45) is 2.34. The molecule has 0 saturated heterocycles. The van der Waals surface area contributed by atoms with Crippen LogP contribution in [0.15, 0.2) is 0 Å². The van der Waals surface area contributed by atoms with Gasteiger partial charge in [-0.2, -0.15) is 5.10 Å². The summed E-state index contributed by atoms with van der Waals surface area (Å²) in [6.45, 7) is 10.5. The first-order valence-electron chi connectivity index (χ1n) is 7.03. The number of hydrogen-bond donors (Lipinski definition) is 1. The fraction of sp³-hybridized carbons (Fsp3) is 0.786. The van der Waals surface area contributed by atoms with E-state index >= 15 is 0 Å². The van der Waals surface area contributed by atoms with Crippen molar-refractivity contribution in [1.82, 2.24) is 15.1 Å². The van der Waals surface area contributed by atoms with E-state index in [9.17, 15) is 0 Å². The number of aromatic nitrogens is 2. The van der Waals surface area contributed by atoms with Crippen LogP contribution in [0.4, 0.5) is 0 Å². The highest BCUT2D eigenvalue weighted by atomic mass is 35.5. The minimum atomic E-state index is 0.545. The van der Waals surface area contributed by atoms with Gasteiger partial charge in [0.15, 0.2) is 0 Å². The van der Waals surface area contributed by atoms with Crippen molar-refractivity contribution in [2.24, 2.45) is 11.8 Å². The van der Waals surface area contributed by atoms with Crippen LogP contribution in [0.25, 0.3) is 0 Å². The minimum Gasteiger partial charge on any atom is -0.314 e. The summed E-state index contributed by atoms with van der Waals surface area (Å²) in [7, 11) is 0. The topological polar surface area (TPSA) is 29.9 Å². The van der Waals surface area contributed by atoms with Crippen LogP contribution in [0.5, 0.6) is 0 Å². The molecule has 0 spiro atoms. The van der Waals surface area contributed by atoms with Gasteiger partial charge in [-0.15, -0.1) is 0 Å². The molecule has 3 atom stereocenters. The third kappa shape index (κ3) is 2.72. The van der Waals surface area contributed by atoms with Gasteiger partial charge < -0.3 is 5.32 Å². The lowest BCUT2D eigenvalue weighted by molar-refractivity contribution is 0.439. The standard InChI is InChI=1S/C14H24ClN3/c1-5-16-12(11-7-9(11)3)8-13-14(15)10(4)17-18(13)6-2/h9,11-12,16H,5-8H2,1-4H3. The van der Waals surface area contributed by atoms with Crippen molar-refractivity contribution in [1.29, 1.82) is 0 Å². The molecule has 0 aromatic carbocycles. The second kappa shape index (κ2) is 5.62. The van der Waals surface area contributed by atoms with Crippen LogP contribution in [-0.2, 0) is 13.0 Å². The summed E-state index contributed by atoms with van der Waals surface area (Å²) in [5.41, 5.74) is 2.15. The Labute approximate surface area is 115 Å². The van der Waals surface area contributed by atoms with Gasteiger partial charge in [0.25, 0.3) is 0 Å². The zero-order valence-corrected chi connectivity index (χ0v) is 12.6. The molecule has 102 valence electrons. The molecule has 3 unspecified atom stereocenters. The third-order valence-corrected chi connectivity index (χ3v) is 4.51. The monoisotopic (exact) mass is 269 g/mol. The molecule has 1 aliphatic rings.